The van der Waals surface area contributed by atoms with E-state index in [2.05, 4.69) is 32.7 Å². The van der Waals surface area contributed by atoms with E-state index in [1.807, 2.05) is 18.3 Å². The molecule has 5 nitrogen and oxygen atoms in total. The molecule has 0 bridgehead atoms. The van der Waals surface area contributed by atoms with Crippen molar-refractivity contribution < 1.29 is 0 Å². The number of nitrogens with zero attached hydrogens (tertiary/aromatic N) is 3. The minimum Gasteiger partial charge on any atom is -0.382 e. The van der Waals surface area contributed by atoms with E-state index >= 15 is 0 Å². The average Bonchev–Trinajstić information content (AvgIpc) is 2.64. The van der Waals surface area contributed by atoms with E-state index in [4.69, 9.17) is 11.1 Å². The van der Waals surface area contributed by atoms with Crippen molar-refractivity contribution in [2.24, 2.45) is 5.73 Å². The van der Waals surface area contributed by atoms with Gasteiger partial charge in [-0.15, -0.1) is 0 Å². The molecule has 2 aromatic rings. The number of nitrogen functional groups attached to an aromatic ring is 1. The summed E-state index contributed by atoms with van der Waals surface area (Å²) in [5.41, 5.74) is 6.88. The molecule has 2 aromatic heterocycles. The van der Waals surface area contributed by atoms with Crippen LogP contribution in [0.3, 0.4) is 0 Å². The summed E-state index contributed by atoms with van der Waals surface area (Å²) in [5.74, 6) is -0.0162. The van der Waals surface area contributed by atoms with Crippen LogP contribution in [0.15, 0.2) is 30.7 Å². The van der Waals surface area contributed by atoms with Gasteiger partial charge >= 0.3 is 0 Å². The lowest BCUT2D eigenvalue weighted by molar-refractivity contribution is 0.683. The smallest absolute Gasteiger partial charge is 0.142 e. The number of nitrogens with one attached hydrogen (secondary N) is 1. The molecule has 0 fully saturated rings. The van der Waals surface area contributed by atoms with Crippen LogP contribution in [0.1, 0.15) is 11.3 Å². The number of hydrogen-bond donors (Lipinski definition) is 2. The molecular weight excluding hydrogens is 317 g/mol. The van der Waals surface area contributed by atoms with Gasteiger partial charge in [-0.3, -0.25) is 15.1 Å². The predicted molar refractivity (Wildman–Crippen MR) is 69.3 cm³/mol. The van der Waals surface area contributed by atoms with Crippen molar-refractivity contribution in [2.75, 3.05) is 0 Å². The lowest BCUT2D eigenvalue weighted by Gasteiger charge is -2.06. The highest BCUT2D eigenvalue weighted by molar-refractivity contribution is 14.1. The standard InChI is InChI=1S/C10H10IN5/c11-8-4-15-16(6-8)5-7-2-1-3-14-9(7)10(12)13/h1-4,6H,5H2,(H3,12,13). The van der Waals surface area contributed by atoms with Crippen LogP contribution >= 0.6 is 22.6 Å². The fraction of sp³-hybridized carbons (Fsp3) is 0.100. The number of nitrogens with two attached hydrogens (primary N) is 1. The number of amidine groups is 1. The first-order valence-electron chi connectivity index (χ1n) is 4.63. The van der Waals surface area contributed by atoms with Crippen molar-refractivity contribution in [2.45, 2.75) is 6.54 Å². The van der Waals surface area contributed by atoms with Gasteiger partial charge in [-0.05, 0) is 28.7 Å². The number of rotatable bonds is 3. The third-order valence-electron chi connectivity index (χ3n) is 2.08. The van der Waals surface area contributed by atoms with Crippen molar-refractivity contribution in [3.63, 3.8) is 0 Å². The summed E-state index contributed by atoms with van der Waals surface area (Å²) in [5, 5.41) is 11.6. The van der Waals surface area contributed by atoms with Gasteiger partial charge in [0.15, 0.2) is 0 Å². The van der Waals surface area contributed by atoms with Crippen LogP contribution < -0.4 is 5.73 Å². The summed E-state index contributed by atoms with van der Waals surface area (Å²) >= 11 is 2.20. The van der Waals surface area contributed by atoms with Gasteiger partial charge < -0.3 is 5.73 Å². The second kappa shape index (κ2) is 4.60. The number of pyridine rings is 1. The molecule has 0 aliphatic heterocycles. The van der Waals surface area contributed by atoms with E-state index in [9.17, 15) is 0 Å². The maximum absolute atomic E-state index is 7.43. The Kier molecular flexibility index (Phi) is 3.18. The lowest BCUT2D eigenvalue weighted by atomic mass is 10.2. The summed E-state index contributed by atoms with van der Waals surface area (Å²) in [7, 11) is 0. The maximum Gasteiger partial charge on any atom is 0.142 e. The van der Waals surface area contributed by atoms with E-state index < -0.39 is 0 Å². The van der Waals surface area contributed by atoms with Gasteiger partial charge in [0.2, 0.25) is 0 Å². The summed E-state index contributed by atoms with van der Waals surface area (Å²) in [6.45, 7) is 0.575. The maximum atomic E-state index is 7.43. The molecule has 0 amide bonds. The van der Waals surface area contributed by atoms with Crippen LogP contribution in [0.5, 0.6) is 0 Å². The monoisotopic (exact) mass is 327 g/mol. The van der Waals surface area contributed by atoms with E-state index in [0.29, 0.717) is 12.2 Å². The third-order valence-corrected chi connectivity index (χ3v) is 2.64. The molecule has 6 heteroatoms. The molecule has 0 spiro atoms. The minimum atomic E-state index is -0.0162. The first kappa shape index (κ1) is 11.1. The van der Waals surface area contributed by atoms with Gasteiger partial charge in [-0.2, -0.15) is 5.10 Å². The number of halogens is 1. The fourth-order valence-corrected chi connectivity index (χ4v) is 1.85. The van der Waals surface area contributed by atoms with Crippen LogP contribution in [0, 0.1) is 8.98 Å². The molecule has 0 unspecified atom stereocenters. The highest BCUT2D eigenvalue weighted by Gasteiger charge is 2.07. The normalized spacial score (nSPS) is 10.3. The molecule has 82 valence electrons. The largest absolute Gasteiger partial charge is 0.382 e. The summed E-state index contributed by atoms with van der Waals surface area (Å²) in [6, 6.07) is 3.73. The Morgan fingerprint density at radius 2 is 2.38 bits per heavy atom. The first-order valence-corrected chi connectivity index (χ1v) is 5.71. The quantitative estimate of drug-likeness (QED) is 0.505. The SMILES string of the molecule is N=C(N)c1ncccc1Cn1cc(I)cn1. The summed E-state index contributed by atoms with van der Waals surface area (Å²) < 4.78 is 2.87. The average molecular weight is 327 g/mol. The molecule has 0 saturated carbocycles. The Balaban J connectivity index is 2.31. The van der Waals surface area contributed by atoms with Gasteiger partial charge in [0.25, 0.3) is 0 Å². The molecule has 0 aliphatic rings. The first-order chi connectivity index (χ1) is 7.66. The molecule has 0 aliphatic carbocycles. The van der Waals surface area contributed by atoms with E-state index in [0.717, 1.165) is 9.13 Å². The summed E-state index contributed by atoms with van der Waals surface area (Å²) in [6.07, 6.45) is 5.34. The van der Waals surface area contributed by atoms with Crippen LogP contribution in [0.4, 0.5) is 0 Å². The topological polar surface area (TPSA) is 80.6 Å². The van der Waals surface area contributed by atoms with Crippen molar-refractivity contribution in [1.29, 1.82) is 5.41 Å². The molecule has 0 atom stereocenters. The van der Waals surface area contributed by atoms with Crippen LogP contribution in [-0.2, 0) is 6.54 Å². The second-order valence-corrected chi connectivity index (χ2v) is 4.53. The number of hydrogen-bond acceptors (Lipinski definition) is 3. The molecule has 0 saturated heterocycles. The Bertz CT molecular complexity index is 519. The van der Waals surface area contributed by atoms with Gasteiger partial charge in [0.1, 0.15) is 11.5 Å². The zero-order valence-electron chi connectivity index (χ0n) is 8.39. The fourth-order valence-electron chi connectivity index (χ4n) is 1.41. The second-order valence-electron chi connectivity index (χ2n) is 3.28. The van der Waals surface area contributed by atoms with Gasteiger partial charge in [0, 0.05) is 18.0 Å². The van der Waals surface area contributed by atoms with Crippen molar-refractivity contribution in [1.82, 2.24) is 14.8 Å². The van der Waals surface area contributed by atoms with Gasteiger partial charge in [-0.1, -0.05) is 6.07 Å². The Morgan fingerprint density at radius 1 is 1.56 bits per heavy atom. The van der Waals surface area contributed by atoms with Crippen molar-refractivity contribution in [3.05, 3.63) is 45.6 Å². The van der Waals surface area contributed by atoms with Crippen molar-refractivity contribution >= 4 is 28.4 Å². The zero-order valence-corrected chi connectivity index (χ0v) is 10.5. The predicted octanol–water partition coefficient (Wildman–Crippen LogP) is 1.22. The minimum absolute atomic E-state index is 0.0162. The van der Waals surface area contributed by atoms with E-state index in [1.54, 1.807) is 17.1 Å². The molecule has 16 heavy (non-hydrogen) atoms. The highest BCUT2D eigenvalue weighted by atomic mass is 127. The van der Waals surface area contributed by atoms with E-state index in [1.165, 1.54) is 0 Å². The van der Waals surface area contributed by atoms with Crippen LogP contribution in [0.2, 0.25) is 0 Å². The van der Waals surface area contributed by atoms with E-state index in [-0.39, 0.29) is 5.84 Å². The third kappa shape index (κ3) is 2.38. The number of aromatic nitrogens is 3. The molecule has 0 aromatic carbocycles. The highest BCUT2D eigenvalue weighted by Crippen LogP contribution is 2.08. The molecule has 2 rings (SSSR count). The van der Waals surface area contributed by atoms with Gasteiger partial charge in [-0.25, -0.2) is 0 Å². The Labute approximate surface area is 106 Å². The molecule has 3 N–H and O–H groups in total. The van der Waals surface area contributed by atoms with Crippen LogP contribution in [-0.4, -0.2) is 20.6 Å². The lowest BCUT2D eigenvalue weighted by Crippen LogP contribution is -2.17. The van der Waals surface area contributed by atoms with Gasteiger partial charge in [0.05, 0.1) is 16.3 Å². The zero-order chi connectivity index (χ0) is 11.5. The molecule has 0 radical (unpaired) electrons. The van der Waals surface area contributed by atoms with Crippen molar-refractivity contribution in [3.8, 4) is 0 Å². The van der Waals surface area contributed by atoms with Crippen LogP contribution in [0.25, 0.3) is 0 Å². The summed E-state index contributed by atoms with van der Waals surface area (Å²) in [4.78, 5) is 4.09. The molecular formula is C10H10IN5. The Hall–Kier alpha value is -1.44. The Morgan fingerprint density at radius 3 is 3.00 bits per heavy atom. The molecule has 2 heterocycles.